The number of aryl methyl sites for hydroxylation is 1. The van der Waals surface area contributed by atoms with Crippen molar-refractivity contribution in [2.75, 3.05) is 22.7 Å². The molecular weight excluding hydrogens is 416 g/mol. The normalized spacial score (nSPS) is 11.8. The van der Waals surface area contributed by atoms with E-state index in [1.54, 1.807) is 49.4 Å². The van der Waals surface area contributed by atoms with Gasteiger partial charge in [0.15, 0.2) is 16.6 Å². The molecule has 10 heteroatoms. The minimum absolute atomic E-state index is 0.160. The second kappa shape index (κ2) is 7.98. The Morgan fingerprint density at radius 1 is 1.03 bits per heavy atom. The lowest BCUT2D eigenvalue weighted by Crippen LogP contribution is -2.19. The van der Waals surface area contributed by atoms with Crippen molar-refractivity contribution in [3.63, 3.8) is 0 Å². The van der Waals surface area contributed by atoms with Crippen LogP contribution < -0.4 is 25.4 Å². The van der Waals surface area contributed by atoms with E-state index in [-0.39, 0.29) is 12.7 Å². The fourth-order valence-corrected chi connectivity index (χ4v) is 3.70. The van der Waals surface area contributed by atoms with E-state index in [1.807, 2.05) is 0 Å². The molecule has 0 fully saturated rings. The smallest absolute Gasteiger partial charge is 0.325 e. The molecule has 3 aromatic rings. The van der Waals surface area contributed by atoms with Crippen LogP contribution in [-0.2, 0) is 0 Å². The summed E-state index contributed by atoms with van der Waals surface area (Å²) in [7, 11) is 0. The maximum absolute atomic E-state index is 12.6. The highest BCUT2D eigenvalue weighted by atomic mass is 35.5. The fourth-order valence-electron chi connectivity index (χ4n) is 2.65. The average Bonchev–Trinajstić information content (AvgIpc) is 3.27. The molecule has 29 heavy (non-hydrogen) atoms. The molecule has 148 valence electrons. The molecule has 4 rings (SSSR count). The average molecular weight is 431 g/mol. The van der Waals surface area contributed by atoms with E-state index in [2.05, 4.69) is 20.9 Å². The van der Waals surface area contributed by atoms with Gasteiger partial charge in [0.1, 0.15) is 4.88 Å². The number of carbonyl (C=O) groups is 2. The molecule has 3 N–H and O–H groups in total. The Hall–Kier alpha value is -3.30. The number of hydrogen-bond donors (Lipinski definition) is 3. The number of rotatable bonds is 4. The van der Waals surface area contributed by atoms with Gasteiger partial charge >= 0.3 is 6.03 Å². The molecule has 1 aliphatic heterocycles. The number of aromatic nitrogens is 1. The highest BCUT2D eigenvalue weighted by molar-refractivity contribution is 7.17. The molecule has 0 spiro atoms. The summed E-state index contributed by atoms with van der Waals surface area (Å²) >= 11 is 6.98. The SMILES string of the molecule is Cc1nc(NC(=O)Nc2cccc(Cl)c2)sc1C(=O)Nc1ccc2c(c1)OCO2. The first-order chi connectivity index (χ1) is 14.0. The van der Waals surface area contributed by atoms with E-state index in [9.17, 15) is 9.59 Å². The van der Waals surface area contributed by atoms with E-state index in [0.717, 1.165) is 11.3 Å². The number of fused-ring (bicyclic) bond motifs is 1. The maximum Gasteiger partial charge on any atom is 0.325 e. The summed E-state index contributed by atoms with van der Waals surface area (Å²) in [4.78, 5) is 29.4. The van der Waals surface area contributed by atoms with Crippen LogP contribution >= 0.6 is 22.9 Å². The summed E-state index contributed by atoms with van der Waals surface area (Å²) in [5, 5.41) is 8.89. The standard InChI is InChI=1S/C19H15ClN4O4S/c1-10-16(17(25)22-13-5-6-14-15(8-13)28-9-27-14)29-19(21-10)24-18(26)23-12-4-2-3-11(20)7-12/h2-8H,9H2,1H3,(H,22,25)(H2,21,23,24,26). The van der Waals surface area contributed by atoms with Crippen molar-refractivity contribution in [2.24, 2.45) is 0 Å². The number of anilines is 3. The van der Waals surface area contributed by atoms with Crippen molar-refractivity contribution >= 4 is 51.4 Å². The van der Waals surface area contributed by atoms with E-state index >= 15 is 0 Å². The van der Waals surface area contributed by atoms with Crippen LogP contribution in [-0.4, -0.2) is 23.7 Å². The maximum atomic E-state index is 12.6. The fraction of sp³-hybridized carbons (Fsp3) is 0.105. The molecule has 0 unspecified atom stereocenters. The predicted molar refractivity (Wildman–Crippen MR) is 111 cm³/mol. The summed E-state index contributed by atoms with van der Waals surface area (Å²) in [5.41, 5.74) is 1.62. The minimum atomic E-state index is -0.483. The largest absolute Gasteiger partial charge is 0.454 e. The van der Waals surface area contributed by atoms with Crippen LogP contribution in [0.5, 0.6) is 11.5 Å². The van der Waals surface area contributed by atoms with Gasteiger partial charge in [0.2, 0.25) is 6.79 Å². The third-order valence-electron chi connectivity index (χ3n) is 3.94. The van der Waals surface area contributed by atoms with Crippen LogP contribution in [0.4, 0.5) is 21.3 Å². The summed E-state index contributed by atoms with van der Waals surface area (Å²) in [6.45, 7) is 1.86. The van der Waals surface area contributed by atoms with Crippen LogP contribution in [0, 0.1) is 6.92 Å². The van der Waals surface area contributed by atoms with Gasteiger partial charge in [-0.05, 0) is 37.3 Å². The van der Waals surface area contributed by atoms with Gasteiger partial charge in [-0.3, -0.25) is 10.1 Å². The molecule has 8 nitrogen and oxygen atoms in total. The summed E-state index contributed by atoms with van der Waals surface area (Å²) < 4.78 is 10.6. The van der Waals surface area contributed by atoms with Gasteiger partial charge in [-0.2, -0.15) is 0 Å². The molecule has 2 aromatic carbocycles. The van der Waals surface area contributed by atoms with E-state index < -0.39 is 6.03 Å². The summed E-state index contributed by atoms with van der Waals surface area (Å²) in [5.74, 6) is 0.875. The van der Waals surface area contributed by atoms with E-state index in [0.29, 0.717) is 43.6 Å². The molecule has 0 saturated heterocycles. The lowest BCUT2D eigenvalue weighted by Gasteiger charge is -2.05. The second-order valence-corrected chi connectivity index (χ2v) is 7.48. The minimum Gasteiger partial charge on any atom is -0.454 e. The second-order valence-electron chi connectivity index (χ2n) is 6.05. The van der Waals surface area contributed by atoms with Crippen molar-refractivity contribution < 1.29 is 19.1 Å². The third kappa shape index (κ3) is 4.41. The zero-order chi connectivity index (χ0) is 20.4. The summed E-state index contributed by atoms with van der Waals surface area (Å²) in [6.07, 6.45) is 0. The number of thiazole rings is 1. The molecule has 0 aliphatic carbocycles. The first-order valence-corrected chi connectivity index (χ1v) is 9.69. The van der Waals surface area contributed by atoms with Crippen LogP contribution in [0.1, 0.15) is 15.4 Å². The van der Waals surface area contributed by atoms with E-state index in [1.165, 1.54) is 0 Å². The number of hydrogen-bond acceptors (Lipinski definition) is 6. The van der Waals surface area contributed by atoms with Crippen molar-refractivity contribution in [1.29, 1.82) is 0 Å². The Balaban J connectivity index is 1.41. The highest BCUT2D eigenvalue weighted by Crippen LogP contribution is 2.34. The van der Waals surface area contributed by atoms with Crippen molar-refractivity contribution in [3.8, 4) is 11.5 Å². The topological polar surface area (TPSA) is 102 Å². The van der Waals surface area contributed by atoms with Crippen molar-refractivity contribution in [3.05, 3.63) is 58.1 Å². The number of urea groups is 1. The molecular formula is C19H15ClN4O4S. The van der Waals surface area contributed by atoms with Crippen LogP contribution in [0.15, 0.2) is 42.5 Å². The number of halogens is 1. The molecule has 3 amide bonds. The Bertz CT molecular complexity index is 1100. The molecule has 0 saturated carbocycles. The number of carbonyl (C=O) groups excluding carboxylic acids is 2. The molecule has 2 heterocycles. The monoisotopic (exact) mass is 430 g/mol. The Kier molecular flexibility index (Phi) is 5.24. The van der Waals surface area contributed by atoms with Gasteiger partial charge in [-0.15, -0.1) is 0 Å². The van der Waals surface area contributed by atoms with Gasteiger partial charge in [0, 0.05) is 22.5 Å². The highest BCUT2D eigenvalue weighted by Gasteiger charge is 2.19. The number of nitrogens with zero attached hydrogens (tertiary/aromatic N) is 1. The number of ether oxygens (including phenoxy) is 2. The quantitative estimate of drug-likeness (QED) is 0.555. The van der Waals surface area contributed by atoms with Gasteiger partial charge in [-0.25, -0.2) is 9.78 Å². The Morgan fingerprint density at radius 2 is 1.83 bits per heavy atom. The first kappa shape index (κ1) is 19.0. The van der Waals surface area contributed by atoms with Crippen LogP contribution in [0.2, 0.25) is 5.02 Å². The number of amides is 3. The molecule has 1 aromatic heterocycles. The molecule has 0 radical (unpaired) electrons. The van der Waals surface area contributed by atoms with Crippen molar-refractivity contribution in [1.82, 2.24) is 4.98 Å². The number of nitrogens with one attached hydrogen (secondary N) is 3. The Morgan fingerprint density at radius 3 is 2.66 bits per heavy atom. The zero-order valence-corrected chi connectivity index (χ0v) is 16.7. The molecule has 1 aliphatic rings. The lowest BCUT2D eigenvalue weighted by molar-refractivity contribution is 0.103. The lowest BCUT2D eigenvalue weighted by atomic mass is 10.2. The van der Waals surface area contributed by atoms with Crippen LogP contribution in [0.25, 0.3) is 0 Å². The van der Waals surface area contributed by atoms with Crippen molar-refractivity contribution in [2.45, 2.75) is 6.92 Å². The van der Waals surface area contributed by atoms with Crippen LogP contribution in [0.3, 0.4) is 0 Å². The zero-order valence-electron chi connectivity index (χ0n) is 15.1. The summed E-state index contributed by atoms with van der Waals surface area (Å²) in [6, 6.07) is 11.4. The van der Waals surface area contributed by atoms with Gasteiger partial charge in [0.05, 0.1) is 5.69 Å². The third-order valence-corrected chi connectivity index (χ3v) is 5.24. The molecule has 0 atom stereocenters. The Labute approximate surface area is 174 Å². The predicted octanol–water partition coefficient (Wildman–Crippen LogP) is 4.73. The van der Waals surface area contributed by atoms with Gasteiger partial charge in [-0.1, -0.05) is 29.0 Å². The first-order valence-electron chi connectivity index (χ1n) is 8.50. The number of benzene rings is 2. The van der Waals surface area contributed by atoms with E-state index in [4.69, 9.17) is 21.1 Å². The van der Waals surface area contributed by atoms with Gasteiger partial charge < -0.3 is 20.1 Å². The molecule has 0 bridgehead atoms. The van der Waals surface area contributed by atoms with Gasteiger partial charge in [0.25, 0.3) is 5.91 Å².